The lowest BCUT2D eigenvalue weighted by Gasteiger charge is -2.41. The fourth-order valence-electron chi connectivity index (χ4n) is 5.97. The number of nitrogens with one attached hydrogen (secondary N) is 1. The molecule has 48 heavy (non-hydrogen) atoms. The van der Waals surface area contributed by atoms with Gasteiger partial charge >= 0.3 is 5.97 Å². The number of carboxylic acid groups (broad SMARTS) is 1. The van der Waals surface area contributed by atoms with E-state index < -0.39 is 42.0 Å². The van der Waals surface area contributed by atoms with E-state index in [1.165, 1.54) is 4.90 Å². The van der Waals surface area contributed by atoms with Crippen molar-refractivity contribution in [1.29, 1.82) is 0 Å². The first-order chi connectivity index (χ1) is 23.0. The third-order valence-electron chi connectivity index (χ3n) is 8.78. The molecule has 0 amide bonds. The lowest BCUT2D eigenvalue weighted by molar-refractivity contribution is -0.183. The quantitative estimate of drug-likeness (QED) is 0.192. The third-order valence-corrected chi connectivity index (χ3v) is 8.78. The maximum Gasteiger partial charge on any atom is 0.326 e. The molecule has 0 unspecified atom stereocenters. The molecular weight excluding hydrogens is 628 g/mol. The number of ether oxygens (including phenoxy) is 2. The average Bonchev–Trinajstić information content (AvgIpc) is 3.66. The minimum atomic E-state index is -3.00. The minimum absolute atomic E-state index is 0.00216. The number of nitrogens with zero attached hydrogens (tertiary/aromatic N) is 6. The smallest absolute Gasteiger partial charge is 0.326 e. The van der Waals surface area contributed by atoms with Gasteiger partial charge in [-0.1, -0.05) is 12.1 Å². The summed E-state index contributed by atoms with van der Waals surface area (Å²) in [5, 5.41) is 25.0. The predicted octanol–water partition coefficient (Wildman–Crippen LogP) is 4.51. The van der Waals surface area contributed by atoms with Gasteiger partial charge in [-0.2, -0.15) is 0 Å². The second-order valence-corrected chi connectivity index (χ2v) is 12.3. The van der Waals surface area contributed by atoms with Crippen LogP contribution in [0.5, 0.6) is 5.88 Å². The van der Waals surface area contributed by atoms with E-state index in [2.05, 4.69) is 25.3 Å². The van der Waals surface area contributed by atoms with Crippen molar-refractivity contribution in [2.24, 2.45) is 0 Å². The number of alkyl halides is 2. The summed E-state index contributed by atoms with van der Waals surface area (Å²) < 4.78 is 45.6. The van der Waals surface area contributed by atoms with Crippen LogP contribution >= 0.6 is 0 Å². The number of carboxylic acids is 1. The Hall–Kier alpha value is -5.15. The topological polar surface area (TPSA) is 159 Å². The molecule has 2 aliphatic rings. The maximum absolute atomic E-state index is 14.0. The van der Waals surface area contributed by atoms with Gasteiger partial charge in [0.1, 0.15) is 34.7 Å². The van der Waals surface area contributed by atoms with Crippen LogP contribution in [0.2, 0.25) is 0 Å². The Bertz CT molecular complexity index is 2000. The number of aliphatic carboxylic acids is 1. The predicted molar refractivity (Wildman–Crippen MR) is 173 cm³/mol. The van der Waals surface area contributed by atoms with Gasteiger partial charge in [-0.25, -0.2) is 33.5 Å². The van der Waals surface area contributed by atoms with Gasteiger partial charge in [0.2, 0.25) is 5.88 Å². The molecule has 0 aliphatic carbocycles. The molecule has 250 valence electrons. The number of pyridine rings is 2. The van der Waals surface area contributed by atoms with E-state index in [1.54, 1.807) is 36.7 Å². The Balaban J connectivity index is 1.24. The highest BCUT2D eigenvalue weighted by molar-refractivity contribution is 6.06. The first-order valence-corrected chi connectivity index (χ1v) is 15.3. The largest absolute Gasteiger partial charge is 0.480 e. The number of rotatable bonds is 10. The van der Waals surface area contributed by atoms with Crippen molar-refractivity contribution in [3.05, 3.63) is 60.7 Å². The van der Waals surface area contributed by atoms with Gasteiger partial charge in [-0.3, -0.25) is 0 Å². The van der Waals surface area contributed by atoms with E-state index in [-0.39, 0.29) is 49.0 Å². The van der Waals surface area contributed by atoms with E-state index in [1.807, 2.05) is 44.1 Å². The molecule has 2 aliphatic heterocycles. The molecular formula is C33H33F2N7O6. The lowest BCUT2D eigenvalue weighted by Crippen LogP contribution is -2.59. The van der Waals surface area contributed by atoms with Gasteiger partial charge in [0.05, 0.1) is 31.5 Å². The van der Waals surface area contributed by atoms with Crippen LogP contribution in [0.4, 0.5) is 26.1 Å². The monoisotopic (exact) mass is 661 g/mol. The summed E-state index contributed by atoms with van der Waals surface area (Å²) in [7, 11) is 3.78. The fourth-order valence-corrected chi connectivity index (χ4v) is 5.97. The number of aromatic nitrogens is 4. The van der Waals surface area contributed by atoms with Crippen molar-refractivity contribution in [2.45, 2.75) is 43.6 Å². The summed E-state index contributed by atoms with van der Waals surface area (Å²) in [5.41, 5.74) is 1.65. The summed E-state index contributed by atoms with van der Waals surface area (Å²) in [4.78, 5) is 33.0. The van der Waals surface area contributed by atoms with E-state index in [9.17, 15) is 23.8 Å². The second-order valence-electron chi connectivity index (χ2n) is 12.3. The van der Waals surface area contributed by atoms with Crippen LogP contribution in [0.15, 0.2) is 59.3 Å². The van der Waals surface area contributed by atoms with E-state index in [4.69, 9.17) is 13.9 Å². The number of carbonyl (C=O) groups is 1. The number of aliphatic hydroxyl groups is 1. The van der Waals surface area contributed by atoms with Gasteiger partial charge < -0.3 is 39.2 Å². The van der Waals surface area contributed by atoms with Gasteiger partial charge in [0.15, 0.2) is 17.2 Å². The van der Waals surface area contributed by atoms with Gasteiger partial charge in [-0.15, -0.1) is 0 Å². The maximum atomic E-state index is 14.0. The van der Waals surface area contributed by atoms with Crippen LogP contribution in [-0.2, 0) is 9.53 Å². The van der Waals surface area contributed by atoms with Gasteiger partial charge in [-0.05, 0) is 42.8 Å². The van der Waals surface area contributed by atoms with Gasteiger partial charge in [0.25, 0.3) is 6.43 Å². The zero-order chi connectivity index (χ0) is 33.7. The molecule has 2 saturated heterocycles. The fraction of sp³-hybridized carbons (Fsp3) is 0.364. The number of fused-ring (bicyclic) bond motifs is 3. The molecule has 2 fully saturated rings. The molecule has 0 saturated carbocycles. The lowest BCUT2D eigenvalue weighted by atomic mass is 9.93. The van der Waals surface area contributed by atoms with Crippen LogP contribution in [0, 0.1) is 0 Å². The first-order valence-electron chi connectivity index (χ1n) is 15.3. The molecule has 13 nitrogen and oxygen atoms in total. The Kier molecular flexibility index (Phi) is 7.95. The Morgan fingerprint density at radius 1 is 1.15 bits per heavy atom. The number of anilines is 3. The van der Waals surface area contributed by atoms with Crippen LogP contribution in [-0.4, -0.2) is 93.8 Å². The minimum Gasteiger partial charge on any atom is -0.480 e. The van der Waals surface area contributed by atoms with E-state index >= 15 is 0 Å². The molecule has 5 aromatic rings. The number of hydrogen-bond donors (Lipinski definition) is 3. The normalized spacial score (nSPS) is 19.4. The number of halogens is 2. The van der Waals surface area contributed by atoms with Crippen LogP contribution in [0.25, 0.3) is 33.2 Å². The Morgan fingerprint density at radius 2 is 1.94 bits per heavy atom. The highest BCUT2D eigenvalue weighted by atomic mass is 19.3. The molecule has 0 bridgehead atoms. The molecule has 4 aromatic heterocycles. The van der Waals surface area contributed by atoms with Gasteiger partial charge in [0, 0.05) is 43.9 Å². The molecule has 6 heterocycles. The SMILES string of the molecule is C[C@H](Nc1cc(-c2ccnc(N(C)C)c2)cnc1O[C@H]1C[C@@H](C(=O)O)N(c2nc(C(F)F)nc3c2oc2ccccc23)C1)C1(O)COC1. The zero-order valence-corrected chi connectivity index (χ0v) is 26.3. The first kappa shape index (κ1) is 31.4. The molecule has 7 rings (SSSR count). The molecule has 0 spiro atoms. The molecule has 0 radical (unpaired) electrons. The molecule has 1 aromatic carbocycles. The Morgan fingerprint density at radius 3 is 2.65 bits per heavy atom. The Labute approximate surface area is 273 Å². The highest BCUT2D eigenvalue weighted by Gasteiger charge is 2.43. The summed E-state index contributed by atoms with van der Waals surface area (Å²) >= 11 is 0. The molecule has 3 atom stereocenters. The summed E-state index contributed by atoms with van der Waals surface area (Å²) in [6.45, 7) is 2.13. The van der Waals surface area contributed by atoms with Crippen LogP contribution < -0.4 is 19.9 Å². The van der Waals surface area contributed by atoms with Crippen molar-refractivity contribution in [2.75, 3.05) is 49.0 Å². The molecule has 3 N–H and O–H groups in total. The second kappa shape index (κ2) is 12.1. The molecule has 15 heteroatoms. The summed E-state index contributed by atoms with van der Waals surface area (Å²) in [6, 6.07) is 10.8. The number of furan rings is 1. The summed E-state index contributed by atoms with van der Waals surface area (Å²) in [6.07, 6.45) is -0.397. The van der Waals surface area contributed by atoms with Crippen molar-refractivity contribution in [3.8, 4) is 17.0 Å². The van der Waals surface area contributed by atoms with Crippen molar-refractivity contribution >= 4 is 45.4 Å². The van der Waals surface area contributed by atoms with Crippen molar-refractivity contribution in [1.82, 2.24) is 19.9 Å². The van der Waals surface area contributed by atoms with E-state index in [0.29, 0.717) is 16.7 Å². The average molecular weight is 662 g/mol. The highest BCUT2D eigenvalue weighted by Crippen LogP contribution is 2.39. The van der Waals surface area contributed by atoms with Crippen molar-refractivity contribution < 1.29 is 37.7 Å². The number of hydrogen-bond acceptors (Lipinski definition) is 12. The zero-order valence-electron chi connectivity index (χ0n) is 26.3. The van der Waals surface area contributed by atoms with E-state index in [0.717, 1.165) is 16.9 Å². The third kappa shape index (κ3) is 5.68. The standard InChI is InChI=1S/C33H33F2N7O6/c1-17(33(45)15-46-16-33)38-22-10-19(18-8-9-36-25(11-18)41(2)3)13-37-31(22)47-20-12-23(32(43)44)42(14-20)30-27-26(39-29(40-30)28(34)35)21-6-4-5-7-24(21)48-27/h4-11,13,17,20,23,28,38,45H,12,14-16H2,1-3H3,(H,43,44)/t17-,20-,23-/m0/s1. The summed E-state index contributed by atoms with van der Waals surface area (Å²) in [5.74, 6) is -1.04. The number of para-hydroxylation sites is 1. The van der Waals surface area contributed by atoms with Crippen LogP contribution in [0.3, 0.4) is 0 Å². The van der Waals surface area contributed by atoms with Crippen molar-refractivity contribution in [3.63, 3.8) is 0 Å². The van der Waals surface area contributed by atoms with Crippen LogP contribution in [0.1, 0.15) is 25.6 Å². The number of benzene rings is 1.